The Morgan fingerprint density at radius 2 is 1.67 bits per heavy atom. The maximum atomic E-state index is 12.1. The molecule has 7 nitrogen and oxygen atoms in total. The Hall–Kier alpha value is -0.730. The number of rotatable bonds is 7. The second-order valence-corrected chi connectivity index (χ2v) is 5.41. The van der Waals surface area contributed by atoms with Crippen molar-refractivity contribution in [3.05, 3.63) is 0 Å². The lowest BCUT2D eigenvalue weighted by atomic mass is 9.97. The molecule has 0 aromatic rings. The van der Waals surface area contributed by atoms with E-state index in [1.807, 2.05) is 13.8 Å². The average molecular weight is 306 g/mol. The molecule has 5 atom stereocenters. The molecular formula is C14H26O7. The van der Waals surface area contributed by atoms with Crippen LogP contribution in [0.15, 0.2) is 0 Å². The molecule has 1 aliphatic rings. The average Bonchev–Trinajstić information content (AvgIpc) is 2.47. The van der Waals surface area contributed by atoms with Gasteiger partial charge in [-0.15, -0.1) is 0 Å². The fraction of sp³-hybridized carbons (Fsp3) is 0.929. The first kappa shape index (κ1) is 18.3. The zero-order valence-corrected chi connectivity index (χ0v) is 12.5. The number of esters is 1. The molecule has 0 aliphatic carbocycles. The van der Waals surface area contributed by atoms with Crippen LogP contribution in [-0.4, -0.2) is 63.7 Å². The van der Waals surface area contributed by atoms with E-state index >= 15 is 0 Å². The normalized spacial score (nSPS) is 33.2. The molecule has 4 N–H and O–H groups in total. The largest absolute Gasteiger partial charge is 0.433 e. The fourth-order valence-corrected chi connectivity index (χ4v) is 2.45. The van der Waals surface area contributed by atoms with Gasteiger partial charge in [0.2, 0.25) is 6.29 Å². The van der Waals surface area contributed by atoms with Crippen molar-refractivity contribution in [3.63, 3.8) is 0 Å². The summed E-state index contributed by atoms with van der Waals surface area (Å²) >= 11 is 0. The summed E-state index contributed by atoms with van der Waals surface area (Å²) in [7, 11) is 0. The summed E-state index contributed by atoms with van der Waals surface area (Å²) in [5.41, 5.74) is 0. The summed E-state index contributed by atoms with van der Waals surface area (Å²) in [4.78, 5) is 12.1. The molecule has 0 saturated carbocycles. The summed E-state index contributed by atoms with van der Waals surface area (Å²) in [6.45, 7) is 3.37. The van der Waals surface area contributed by atoms with Gasteiger partial charge in [0.15, 0.2) is 0 Å². The van der Waals surface area contributed by atoms with E-state index in [0.717, 1.165) is 12.8 Å². The van der Waals surface area contributed by atoms with Crippen molar-refractivity contribution >= 4 is 5.97 Å². The van der Waals surface area contributed by atoms with Crippen molar-refractivity contribution in [2.75, 3.05) is 6.61 Å². The molecule has 7 heteroatoms. The number of carbonyl (C=O) groups is 1. The minimum atomic E-state index is -1.55. The predicted molar refractivity (Wildman–Crippen MR) is 73.2 cm³/mol. The zero-order valence-electron chi connectivity index (χ0n) is 12.5. The number of carbonyl (C=O) groups excluding carboxylic acids is 1. The molecule has 0 radical (unpaired) electrons. The second-order valence-electron chi connectivity index (χ2n) is 5.41. The highest BCUT2D eigenvalue weighted by Crippen LogP contribution is 2.24. The molecule has 0 amide bonds. The minimum Gasteiger partial charge on any atom is -0.433 e. The topological polar surface area (TPSA) is 116 Å². The third-order valence-corrected chi connectivity index (χ3v) is 3.69. The Balaban J connectivity index is 2.68. The molecule has 0 aromatic heterocycles. The summed E-state index contributed by atoms with van der Waals surface area (Å²) in [5, 5.41) is 38.2. The fourth-order valence-electron chi connectivity index (χ4n) is 2.45. The van der Waals surface area contributed by atoms with Gasteiger partial charge < -0.3 is 29.9 Å². The molecule has 21 heavy (non-hydrogen) atoms. The molecule has 1 rings (SSSR count). The van der Waals surface area contributed by atoms with E-state index < -0.39 is 43.3 Å². The lowest BCUT2D eigenvalue weighted by molar-refractivity contribution is -0.293. The molecular weight excluding hydrogens is 280 g/mol. The molecule has 0 aromatic carbocycles. The third-order valence-electron chi connectivity index (χ3n) is 3.69. The SMILES string of the molecule is CCCC(CCC)C(=O)O[C@H]1O[C@H](CO)[C@@H](O)[C@H](O)[C@H]1O. The van der Waals surface area contributed by atoms with Crippen LogP contribution in [-0.2, 0) is 14.3 Å². The first-order chi connectivity index (χ1) is 9.96. The van der Waals surface area contributed by atoms with Gasteiger partial charge in [0, 0.05) is 0 Å². The minimum absolute atomic E-state index is 0.285. The molecule has 1 saturated heterocycles. The van der Waals surface area contributed by atoms with E-state index in [1.54, 1.807) is 0 Å². The lowest BCUT2D eigenvalue weighted by Crippen LogP contribution is -2.59. The van der Waals surface area contributed by atoms with Crippen molar-refractivity contribution in [2.24, 2.45) is 5.92 Å². The standard InChI is InChI=1S/C14H26O7/c1-3-5-8(6-4-2)13(19)21-14-12(18)11(17)10(16)9(7-15)20-14/h8-12,14-18H,3-7H2,1-2H3/t9-,10-,11+,12-,14-/m1/s1. The zero-order chi connectivity index (χ0) is 16.0. The molecule has 1 heterocycles. The van der Waals surface area contributed by atoms with E-state index in [-0.39, 0.29) is 5.92 Å². The van der Waals surface area contributed by atoms with Crippen LogP contribution < -0.4 is 0 Å². The van der Waals surface area contributed by atoms with Crippen LogP contribution >= 0.6 is 0 Å². The number of aliphatic hydroxyl groups excluding tert-OH is 4. The number of hydrogen-bond donors (Lipinski definition) is 4. The smallest absolute Gasteiger partial charge is 0.311 e. The van der Waals surface area contributed by atoms with Gasteiger partial charge in [-0.3, -0.25) is 4.79 Å². The maximum absolute atomic E-state index is 12.1. The van der Waals surface area contributed by atoms with Gasteiger partial charge in [-0.25, -0.2) is 0 Å². The van der Waals surface area contributed by atoms with Gasteiger partial charge in [0.05, 0.1) is 12.5 Å². The molecule has 0 bridgehead atoms. The van der Waals surface area contributed by atoms with Gasteiger partial charge in [-0.2, -0.15) is 0 Å². The Morgan fingerprint density at radius 3 is 2.14 bits per heavy atom. The molecule has 0 unspecified atom stereocenters. The lowest BCUT2D eigenvalue weighted by Gasteiger charge is -2.39. The van der Waals surface area contributed by atoms with E-state index in [9.17, 15) is 20.1 Å². The Morgan fingerprint density at radius 1 is 1.10 bits per heavy atom. The number of hydrogen-bond acceptors (Lipinski definition) is 7. The summed E-state index contributed by atoms with van der Waals surface area (Å²) in [6.07, 6.45) is -4.00. The van der Waals surface area contributed by atoms with Gasteiger partial charge >= 0.3 is 5.97 Å². The monoisotopic (exact) mass is 306 g/mol. The summed E-state index contributed by atoms with van der Waals surface area (Å²) in [6, 6.07) is 0. The van der Waals surface area contributed by atoms with E-state index in [0.29, 0.717) is 12.8 Å². The highest BCUT2D eigenvalue weighted by atomic mass is 16.7. The predicted octanol–water partition coefficient (Wildman–Crippen LogP) is -0.454. The van der Waals surface area contributed by atoms with Crippen molar-refractivity contribution in [1.29, 1.82) is 0 Å². The van der Waals surface area contributed by atoms with Crippen LogP contribution in [0.1, 0.15) is 39.5 Å². The maximum Gasteiger partial charge on any atom is 0.311 e. The van der Waals surface area contributed by atoms with Crippen LogP contribution in [0.2, 0.25) is 0 Å². The first-order valence-electron chi connectivity index (χ1n) is 7.47. The van der Waals surface area contributed by atoms with Crippen LogP contribution in [0.25, 0.3) is 0 Å². The van der Waals surface area contributed by atoms with Crippen molar-refractivity contribution in [2.45, 2.75) is 70.2 Å². The third kappa shape index (κ3) is 4.62. The van der Waals surface area contributed by atoms with Gasteiger partial charge in [-0.1, -0.05) is 26.7 Å². The van der Waals surface area contributed by atoms with Gasteiger partial charge in [0.25, 0.3) is 0 Å². The van der Waals surface area contributed by atoms with Crippen LogP contribution in [0, 0.1) is 5.92 Å². The van der Waals surface area contributed by atoms with Crippen LogP contribution in [0.4, 0.5) is 0 Å². The van der Waals surface area contributed by atoms with Gasteiger partial charge in [-0.05, 0) is 12.8 Å². The van der Waals surface area contributed by atoms with E-state index in [2.05, 4.69) is 0 Å². The Kier molecular flexibility index (Phi) is 7.55. The molecule has 1 aliphatic heterocycles. The Labute approximate surface area is 124 Å². The van der Waals surface area contributed by atoms with Crippen LogP contribution in [0.3, 0.4) is 0 Å². The van der Waals surface area contributed by atoms with Crippen LogP contribution in [0.5, 0.6) is 0 Å². The van der Waals surface area contributed by atoms with Crippen molar-refractivity contribution in [1.82, 2.24) is 0 Å². The quantitative estimate of drug-likeness (QED) is 0.470. The first-order valence-corrected chi connectivity index (χ1v) is 7.47. The van der Waals surface area contributed by atoms with E-state index in [4.69, 9.17) is 14.6 Å². The Bertz CT molecular complexity index is 314. The van der Waals surface area contributed by atoms with Gasteiger partial charge in [0.1, 0.15) is 24.4 Å². The molecule has 124 valence electrons. The van der Waals surface area contributed by atoms with Crippen molar-refractivity contribution in [3.8, 4) is 0 Å². The molecule has 0 spiro atoms. The second kappa shape index (κ2) is 8.65. The molecule has 1 fully saturated rings. The highest BCUT2D eigenvalue weighted by Gasteiger charge is 2.45. The number of aliphatic hydroxyl groups is 4. The summed E-state index contributed by atoms with van der Waals surface area (Å²) in [5.74, 6) is -0.782. The number of ether oxygens (including phenoxy) is 2. The summed E-state index contributed by atoms with van der Waals surface area (Å²) < 4.78 is 10.3. The van der Waals surface area contributed by atoms with Crippen molar-refractivity contribution < 1.29 is 34.7 Å². The van der Waals surface area contributed by atoms with E-state index in [1.165, 1.54) is 0 Å². The highest BCUT2D eigenvalue weighted by molar-refractivity contribution is 5.72.